The fraction of sp³-hybridized carbons (Fsp3) is 0.208. The number of hydrogen-bond acceptors (Lipinski definition) is 4. The molecule has 0 spiro atoms. The van der Waals surface area contributed by atoms with Crippen molar-refractivity contribution in [1.82, 2.24) is 9.88 Å². The number of fused-ring (bicyclic) bond motifs is 1. The number of anilines is 2. The lowest BCUT2D eigenvalue weighted by molar-refractivity contribution is -0.137. The second kappa shape index (κ2) is 9.24. The lowest BCUT2D eigenvalue weighted by Crippen LogP contribution is -2.36. The largest absolute Gasteiger partial charge is 0.457 e. The molecule has 35 heavy (non-hydrogen) atoms. The van der Waals surface area contributed by atoms with Crippen molar-refractivity contribution in [2.75, 3.05) is 17.7 Å². The van der Waals surface area contributed by atoms with Crippen LogP contribution in [0.15, 0.2) is 48.7 Å². The topological polar surface area (TPSA) is 83.6 Å². The molecule has 2 N–H and O–H groups in total. The normalized spacial score (nSPS) is 13.2. The van der Waals surface area contributed by atoms with Crippen molar-refractivity contribution < 1.29 is 31.9 Å². The Morgan fingerprint density at radius 2 is 1.94 bits per heavy atom. The fourth-order valence-electron chi connectivity index (χ4n) is 3.57. The SMILES string of the molecule is Cc1cc(CC(=O)Nc2cc(C(F)(F)F)ccc2F)ccc1Oc1ccnc2c1CN(C)C(=O)N2. The molecule has 0 atom stereocenters. The number of ether oxygens (including phenoxy) is 1. The molecule has 0 saturated carbocycles. The van der Waals surface area contributed by atoms with Crippen LogP contribution >= 0.6 is 0 Å². The number of alkyl halides is 3. The van der Waals surface area contributed by atoms with E-state index in [2.05, 4.69) is 15.6 Å². The van der Waals surface area contributed by atoms with E-state index in [-0.39, 0.29) is 12.5 Å². The highest BCUT2D eigenvalue weighted by molar-refractivity contribution is 5.92. The lowest BCUT2D eigenvalue weighted by atomic mass is 10.1. The number of hydrogen-bond donors (Lipinski definition) is 2. The molecule has 11 heteroatoms. The third-order valence-electron chi connectivity index (χ3n) is 5.37. The van der Waals surface area contributed by atoms with E-state index in [1.807, 2.05) is 0 Å². The van der Waals surface area contributed by atoms with Crippen molar-refractivity contribution in [1.29, 1.82) is 0 Å². The van der Waals surface area contributed by atoms with E-state index in [9.17, 15) is 27.2 Å². The summed E-state index contributed by atoms with van der Waals surface area (Å²) in [6.07, 6.45) is -3.33. The average Bonchev–Trinajstić information content (AvgIpc) is 2.77. The van der Waals surface area contributed by atoms with Gasteiger partial charge in [-0.25, -0.2) is 14.2 Å². The molecule has 7 nitrogen and oxygen atoms in total. The summed E-state index contributed by atoms with van der Waals surface area (Å²) in [5, 5.41) is 4.87. The van der Waals surface area contributed by atoms with Gasteiger partial charge in [0, 0.05) is 13.2 Å². The van der Waals surface area contributed by atoms with Crippen molar-refractivity contribution in [3.63, 3.8) is 0 Å². The molecule has 0 aliphatic carbocycles. The summed E-state index contributed by atoms with van der Waals surface area (Å²) in [7, 11) is 1.64. The van der Waals surface area contributed by atoms with Crippen LogP contribution in [0.2, 0.25) is 0 Å². The third-order valence-corrected chi connectivity index (χ3v) is 5.37. The van der Waals surface area contributed by atoms with Gasteiger partial charge in [0.1, 0.15) is 23.1 Å². The van der Waals surface area contributed by atoms with Gasteiger partial charge in [0.05, 0.1) is 29.8 Å². The molecule has 1 aliphatic rings. The summed E-state index contributed by atoms with van der Waals surface area (Å²) >= 11 is 0. The maximum atomic E-state index is 13.9. The number of carbonyl (C=O) groups excluding carboxylic acids is 2. The molecule has 0 saturated heterocycles. The first-order valence-electron chi connectivity index (χ1n) is 10.5. The summed E-state index contributed by atoms with van der Waals surface area (Å²) in [4.78, 5) is 29.8. The van der Waals surface area contributed by atoms with Crippen LogP contribution < -0.4 is 15.4 Å². The molecule has 2 heterocycles. The summed E-state index contributed by atoms with van der Waals surface area (Å²) in [6.45, 7) is 2.08. The number of benzene rings is 2. The van der Waals surface area contributed by atoms with E-state index in [0.717, 1.165) is 0 Å². The molecule has 0 fully saturated rings. The van der Waals surface area contributed by atoms with E-state index in [1.54, 1.807) is 38.2 Å². The Morgan fingerprint density at radius 3 is 2.66 bits per heavy atom. The summed E-state index contributed by atoms with van der Waals surface area (Å²) in [6, 6.07) is 8.21. The predicted molar refractivity (Wildman–Crippen MR) is 120 cm³/mol. The number of halogens is 4. The maximum absolute atomic E-state index is 13.9. The smallest absolute Gasteiger partial charge is 0.416 e. The minimum Gasteiger partial charge on any atom is -0.457 e. The second-order valence-corrected chi connectivity index (χ2v) is 8.04. The number of aromatic nitrogens is 1. The zero-order valence-corrected chi connectivity index (χ0v) is 18.7. The number of urea groups is 1. The minimum absolute atomic E-state index is 0.182. The molecule has 182 valence electrons. The van der Waals surface area contributed by atoms with Crippen LogP contribution in [0.5, 0.6) is 11.5 Å². The Morgan fingerprint density at radius 1 is 1.17 bits per heavy atom. The number of nitrogens with zero attached hydrogens (tertiary/aromatic N) is 2. The Balaban J connectivity index is 1.47. The monoisotopic (exact) mass is 488 g/mol. The molecule has 0 bridgehead atoms. The van der Waals surface area contributed by atoms with Gasteiger partial charge < -0.3 is 15.0 Å². The predicted octanol–water partition coefficient (Wildman–Crippen LogP) is 5.50. The molecule has 3 aromatic rings. The van der Waals surface area contributed by atoms with Crippen LogP contribution in [0.25, 0.3) is 0 Å². The minimum atomic E-state index is -4.66. The number of amides is 3. The van der Waals surface area contributed by atoms with E-state index >= 15 is 0 Å². The first kappa shape index (κ1) is 24.0. The van der Waals surface area contributed by atoms with Gasteiger partial charge in [0.2, 0.25) is 5.91 Å². The van der Waals surface area contributed by atoms with Crippen molar-refractivity contribution in [3.8, 4) is 11.5 Å². The van der Waals surface area contributed by atoms with Crippen LogP contribution in [0, 0.1) is 12.7 Å². The van der Waals surface area contributed by atoms with Gasteiger partial charge in [-0.05, 0) is 48.4 Å². The van der Waals surface area contributed by atoms with E-state index in [1.165, 1.54) is 11.1 Å². The van der Waals surface area contributed by atoms with Gasteiger partial charge >= 0.3 is 12.2 Å². The molecule has 2 aromatic carbocycles. The van der Waals surface area contributed by atoms with Gasteiger partial charge in [-0.1, -0.05) is 12.1 Å². The number of pyridine rings is 1. The van der Waals surface area contributed by atoms with Crippen LogP contribution in [0.4, 0.5) is 33.9 Å². The van der Waals surface area contributed by atoms with E-state index < -0.39 is 29.2 Å². The highest BCUT2D eigenvalue weighted by Crippen LogP contribution is 2.34. The number of aryl methyl sites for hydroxylation is 1. The van der Waals surface area contributed by atoms with Crippen LogP contribution in [-0.4, -0.2) is 28.9 Å². The van der Waals surface area contributed by atoms with Crippen LogP contribution in [0.1, 0.15) is 22.3 Å². The first-order valence-corrected chi connectivity index (χ1v) is 10.5. The molecular formula is C24H20F4N4O3. The second-order valence-electron chi connectivity index (χ2n) is 8.04. The lowest BCUT2D eigenvalue weighted by Gasteiger charge is -2.26. The molecule has 0 unspecified atom stereocenters. The van der Waals surface area contributed by atoms with Crippen molar-refractivity contribution in [2.24, 2.45) is 0 Å². The molecule has 0 radical (unpaired) electrons. The van der Waals surface area contributed by atoms with Crippen molar-refractivity contribution in [3.05, 3.63) is 76.7 Å². The highest BCUT2D eigenvalue weighted by Gasteiger charge is 2.31. The van der Waals surface area contributed by atoms with Crippen molar-refractivity contribution in [2.45, 2.75) is 26.1 Å². The Hall–Kier alpha value is -4.15. The molecule has 1 aromatic heterocycles. The number of nitrogens with one attached hydrogen (secondary N) is 2. The number of rotatable bonds is 5. The highest BCUT2D eigenvalue weighted by atomic mass is 19.4. The van der Waals surface area contributed by atoms with Crippen LogP contribution in [0.3, 0.4) is 0 Å². The van der Waals surface area contributed by atoms with Gasteiger partial charge in [-0.3, -0.25) is 10.1 Å². The first-order chi connectivity index (χ1) is 16.5. The molecule has 1 aliphatic heterocycles. The van der Waals surface area contributed by atoms with E-state index in [4.69, 9.17) is 4.74 Å². The van der Waals surface area contributed by atoms with Crippen molar-refractivity contribution >= 4 is 23.4 Å². The maximum Gasteiger partial charge on any atom is 0.416 e. The summed E-state index contributed by atoms with van der Waals surface area (Å²) in [5.74, 6) is -0.202. The van der Waals surface area contributed by atoms with Gasteiger partial charge in [0.15, 0.2) is 0 Å². The van der Waals surface area contributed by atoms with E-state index in [0.29, 0.717) is 58.8 Å². The summed E-state index contributed by atoms with van der Waals surface area (Å²) in [5.41, 5.74) is 0.361. The molecule has 4 rings (SSSR count). The molecule has 3 amide bonds. The van der Waals surface area contributed by atoms with Gasteiger partial charge in [-0.2, -0.15) is 13.2 Å². The zero-order chi connectivity index (χ0) is 25.3. The Kier molecular flexibility index (Phi) is 6.33. The quantitative estimate of drug-likeness (QED) is 0.465. The Bertz CT molecular complexity index is 1310. The zero-order valence-electron chi connectivity index (χ0n) is 18.7. The van der Waals surface area contributed by atoms with Gasteiger partial charge in [0.25, 0.3) is 0 Å². The standard InChI is InChI=1S/C24H20F4N4O3/c1-13-9-14(10-21(33)30-18-11-15(24(26,27)28)4-5-17(18)25)3-6-19(13)35-20-7-8-29-22-16(20)12-32(2)23(34)31-22/h3-9,11H,10,12H2,1-2H3,(H,30,33)(H,29,31,34). The fourth-order valence-corrected chi connectivity index (χ4v) is 3.57. The van der Waals surface area contributed by atoms with Crippen LogP contribution in [-0.2, 0) is 23.9 Å². The average molecular weight is 488 g/mol. The molecular weight excluding hydrogens is 468 g/mol. The Labute approximate surface area is 197 Å². The number of carbonyl (C=O) groups is 2. The van der Waals surface area contributed by atoms with Gasteiger partial charge in [-0.15, -0.1) is 0 Å². The summed E-state index contributed by atoms with van der Waals surface area (Å²) < 4.78 is 58.6. The third kappa shape index (κ3) is 5.34.